The van der Waals surface area contributed by atoms with Crippen LogP contribution < -0.4 is 10.6 Å². The SMILES string of the molecule is CC(CNCC(=O)Nc1cccc(F)c1)N(C)C1CC1. The van der Waals surface area contributed by atoms with Gasteiger partial charge in [0.05, 0.1) is 6.54 Å². The van der Waals surface area contributed by atoms with Crippen LogP contribution in [0.25, 0.3) is 0 Å². The van der Waals surface area contributed by atoms with Gasteiger partial charge in [0.25, 0.3) is 0 Å². The minimum atomic E-state index is -0.351. The molecule has 1 aromatic carbocycles. The number of rotatable bonds is 7. The number of hydrogen-bond acceptors (Lipinski definition) is 3. The smallest absolute Gasteiger partial charge is 0.238 e. The molecule has 2 N–H and O–H groups in total. The van der Waals surface area contributed by atoms with Crippen molar-refractivity contribution >= 4 is 11.6 Å². The van der Waals surface area contributed by atoms with Gasteiger partial charge in [0, 0.05) is 24.3 Å². The molecule has 1 amide bonds. The lowest BCUT2D eigenvalue weighted by atomic mass is 10.3. The van der Waals surface area contributed by atoms with Gasteiger partial charge in [-0.25, -0.2) is 4.39 Å². The average molecular weight is 279 g/mol. The Hall–Kier alpha value is -1.46. The Morgan fingerprint density at radius 3 is 2.90 bits per heavy atom. The molecular formula is C15H22FN3O. The summed E-state index contributed by atoms with van der Waals surface area (Å²) in [5.74, 6) is -0.507. The van der Waals surface area contributed by atoms with Crippen molar-refractivity contribution < 1.29 is 9.18 Å². The zero-order valence-corrected chi connectivity index (χ0v) is 12.0. The van der Waals surface area contributed by atoms with Crippen molar-refractivity contribution in [3.05, 3.63) is 30.1 Å². The Morgan fingerprint density at radius 1 is 1.50 bits per heavy atom. The van der Waals surface area contributed by atoms with Gasteiger partial charge < -0.3 is 10.6 Å². The van der Waals surface area contributed by atoms with Crippen LogP contribution in [0.4, 0.5) is 10.1 Å². The second-order valence-corrected chi connectivity index (χ2v) is 5.44. The van der Waals surface area contributed by atoms with Gasteiger partial charge in [-0.3, -0.25) is 9.69 Å². The number of halogens is 1. The molecule has 0 saturated heterocycles. The number of benzene rings is 1. The van der Waals surface area contributed by atoms with Crippen molar-refractivity contribution in [3.8, 4) is 0 Å². The first-order valence-corrected chi connectivity index (χ1v) is 7.04. The predicted molar refractivity (Wildman–Crippen MR) is 78.1 cm³/mol. The third-order valence-electron chi connectivity index (χ3n) is 3.65. The van der Waals surface area contributed by atoms with Gasteiger partial charge in [0.2, 0.25) is 5.91 Å². The maximum absolute atomic E-state index is 13.0. The van der Waals surface area contributed by atoms with E-state index in [1.54, 1.807) is 12.1 Å². The van der Waals surface area contributed by atoms with Crippen LogP contribution in [0.5, 0.6) is 0 Å². The molecule has 1 atom stereocenters. The molecule has 1 aromatic rings. The topological polar surface area (TPSA) is 44.4 Å². The largest absolute Gasteiger partial charge is 0.325 e. The zero-order chi connectivity index (χ0) is 14.5. The monoisotopic (exact) mass is 279 g/mol. The van der Waals surface area contributed by atoms with E-state index in [0.29, 0.717) is 17.8 Å². The Morgan fingerprint density at radius 2 is 2.25 bits per heavy atom. The molecule has 1 unspecified atom stereocenters. The Labute approximate surface area is 119 Å². The van der Waals surface area contributed by atoms with Crippen LogP contribution >= 0.6 is 0 Å². The van der Waals surface area contributed by atoms with E-state index in [0.717, 1.165) is 6.54 Å². The van der Waals surface area contributed by atoms with Crippen LogP contribution in [0, 0.1) is 5.82 Å². The lowest BCUT2D eigenvalue weighted by Gasteiger charge is -2.24. The highest BCUT2D eigenvalue weighted by molar-refractivity contribution is 5.92. The fourth-order valence-corrected chi connectivity index (χ4v) is 2.15. The number of anilines is 1. The zero-order valence-electron chi connectivity index (χ0n) is 12.0. The summed E-state index contributed by atoms with van der Waals surface area (Å²) in [5, 5.41) is 5.80. The summed E-state index contributed by atoms with van der Waals surface area (Å²) in [4.78, 5) is 14.1. The molecule has 2 rings (SSSR count). The van der Waals surface area contributed by atoms with Crippen LogP contribution in [-0.2, 0) is 4.79 Å². The molecule has 1 aliphatic rings. The van der Waals surface area contributed by atoms with Gasteiger partial charge in [0.1, 0.15) is 5.82 Å². The molecule has 1 aliphatic carbocycles. The van der Waals surface area contributed by atoms with Gasteiger partial charge in [-0.05, 0) is 45.0 Å². The molecule has 1 saturated carbocycles. The highest BCUT2D eigenvalue weighted by Crippen LogP contribution is 2.26. The van der Waals surface area contributed by atoms with Crippen molar-refractivity contribution in [3.63, 3.8) is 0 Å². The molecule has 1 fully saturated rings. The fourth-order valence-electron chi connectivity index (χ4n) is 2.15. The first-order chi connectivity index (χ1) is 9.56. The van der Waals surface area contributed by atoms with E-state index in [1.165, 1.54) is 25.0 Å². The molecule has 5 heteroatoms. The van der Waals surface area contributed by atoms with Crippen LogP contribution in [0.3, 0.4) is 0 Å². The molecular weight excluding hydrogens is 257 g/mol. The van der Waals surface area contributed by atoms with Gasteiger partial charge >= 0.3 is 0 Å². The minimum absolute atomic E-state index is 0.156. The summed E-state index contributed by atoms with van der Waals surface area (Å²) in [6.45, 7) is 3.15. The Kier molecular flexibility index (Phi) is 5.09. The Balaban J connectivity index is 1.67. The van der Waals surface area contributed by atoms with Crippen LogP contribution in [0.1, 0.15) is 19.8 Å². The number of amides is 1. The molecule has 4 nitrogen and oxygen atoms in total. The predicted octanol–water partition coefficient (Wildman–Crippen LogP) is 1.84. The lowest BCUT2D eigenvalue weighted by molar-refractivity contribution is -0.115. The maximum Gasteiger partial charge on any atom is 0.238 e. The second kappa shape index (κ2) is 6.81. The second-order valence-electron chi connectivity index (χ2n) is 5.44. The quantitative estimate of drug-likeness (QED) is 0.800. The van der Waals surface area contributed by atoms with E-state index >= 15 is 0 Å². The van der Waals surface area contributed by atoms with Crippen molar-refractivity contribution in [1.82, 2.24) is 10.2 Å². The molecule has 0 bridgehead atoms. The molecule has 0 aliphatic heterocycles. The van der Waals surface area contributed by atoms with Crippen molar-refractivity contribution in [2.24, 2.45) is 0 Å². The minimum Gasteiger partial charge on any atom is -0.325 e. The van der Waals surface area contributed by atoms with E-state index in [1.807, 2.05) is 0 Å². The molecule has 0 heterocycles. The van der Waals surface area contributed by atoms with Crippen molar-refractivity contribution in [2.75, 3.05) is 25.5 Å². The third-order valence-corrected chi connectivity index (χ3v) is 3.65. The average Bonchev–Trinajstić information content (AvgIpc) is 3.22. The molecule has 20 heavy (non-hydrogen) atoms. The number of nitrogens with one attached hydrogen (secondary N) is 2. The summed E-state index contributed by atoms with van der Waals surface area (Å²) >= 11 is 0. The summed E-state index contributed by atoms with van der Waals surface area (Å²) in [6, 6.07) is 7.03. The van der Waals surface area contributed by atoms with E-state index < -0.39 is 0 Å². The van der Waals surface area contributed by atoms with E-state index in [9.17, 15) is 9.18 Å². The number of hydrogen-bond donors (Lipinski definition) is 2. The number of nitrogens with zero attached hydrogens (tertiary/aromatic N) is 1. The first kappa shape index (κ1) is 14.9. The van der Waals surface area contributed by atoms with E-state index in [-0.39, 0.29) is 18.3 Å². The third kappa shape index (κ3) is 4.58. The van der Waals surface area contributed by atoms with Gasteiger partial charge in [0.15, 0.2) is 0 Å². The highest BCUT2D eigenvalue weighted by Gasteiger charge is 2.28. The number of carbonyl (C=O) groups excluding carboxylic acids is 1. The maximum atomic E-state index is 13.0. The Bertz CT molecular complexity index is 462. The molecule has 110 valence electrons. The standard InChI is InChI=1S/C15H22FN3O/c1-11(19(2)14-6-7-14)9-17-10-15(20)18-13-5-3-4-12(16)8-13/h3-5,8,11,14,17H,6-7,9-10H2,1-2H3,(H,18,20). The first-order valence-electron chi connectivity index (χ1n) is 7.04. The van der Waals surface area contributed by atoms with Gasteiger partial charge in [-0.2, -0.15) is 0 Å². The number of carbonyl (C=O) groups is 1. The van der Waals surface area contributed by atoms with E-state index in [2.05, 4.69) is 29.5 Å². The van der Waals surface area contributed by atoms with Gasteiger partial charge in [-0.1, -0.05) is 6.07 Å². The lowest BCUT2D eigenvalue weighted by Crippen LogP contribution is -2.41. The fraction of sp³-hybridized carbons (Fsp3) is 0.533. The number of likely N-dealkylation sites (N-methyl/N-ethyl adjacent to an activating group) is 1. The molecule has 0 aromatic heterocycles. The van der Waals surface area contributed by atoms with Crippen LogP contribution in [-0.4, -0.2) is 43.0 Å². The normalized spacial score (nSPS) is 16.2. The van der Waals surface area contributed by atoms with Crippen LogP contribution in [0.15, 0.2) is 24.3 Å². The van der Waals surface area contributed by atoms with Crippen LogP contribution in [0.2, 0.25) is 0 Å². The van der Waals surface area contributed by atoms with Gasteiger partial charge in [-0.15, -0.1) is 0 Å². The molecule has 0 spiro atoms. The summed E-state index contributed by atoms with van der Waals surface area (Å²) in [7, 11) is 2.12. The summed E-state index contributed by atoms with van der Waals surface area (Å²) in [5.41, 5.74) is 0.486. The summed E-state index contributed by atoms with van der Waals surface area (Å²) in [6.07, 6.45) is 2.56. The summed E-state index contributed by atoms with van der Waals surface area (Å²) < 4.78 is 13.0. The highest BCUT2D eigenvalue weighted by atomic mass is 19.1. The van der Waals surface area contributed by atoms with Crippen molar-refractivity contribution in [2.45, 2.75) is 31.8 Å². The molecule has 0 radical (unpaired) electrons. The van der Waals surface area contributed by atoms with E-state index in [4.69, 9.17) is 0 Å². The van der Waals surface area contributed by atoms with Crippen molar-refractivity contribution in [1.29, 1.82) is 0 Å².